The molecule has 2 saturated heterocycles. The van der Waals surface area contributed by atoms with Crippen molar-refractivity contribution in [3.05, 3.63) is 52.0 Å². The Balaban J connectivity index is 0.00000272. The summed E-state index contributed by atoms with van der Waals surface area (Å²) in [6.07, 6.45) is 0.229. The number of aromatic nitrogens is 1. The van der Waals surface area contributed by atoms with Crippen LogP contribution in [0, 0.1) is 0 Å². The van der Waals surface area contributed by atoms with Gasteiger partial charge in [0.15, 0.2) is 5.96 Å². The molecular weight excluding hydrogens is 521 g/mol. The Morgan fingerprint density at radius 3 is 2.71 bits per heavy atom. The SMILES string of the molecule is CN=C(NCc1csc(C(C)(C)C)n1)N1CC2OCCN(Cc3ccccc3)C2C1.I. The fourth-order valence-electron chi connectivity index (χ4n) is 4.18. The van der Waals surface area contributed by atoms with Crippen molar-refractivity contribution in [2.75, 3.05) is 33.3 Å². The second-order valence-corrected chi connectivity index (χ2v) is 9.99. The van der Waals surface area contributed by atoms with Gasteiger partial charge in [0.25, 0.3) is 0 Å². The highest BCUT2D eigenvalue weighted by Crippen LogP contribution is 2.26. The van der Waals surface area contributed by atoms with E-state index in [4.69, 9.17) is 9.72 Å². The van der Waals surface area contributed by atoms with Crippen molar-refractivity contribution in [2.45, 2.75) is 51.4 Å². The monoisotopic (exact) mass is 555 g/mol. The maximum Gasteiger partial charge on any atom is 0.194 e. The number of hydrogen-bond acceptors (Lipinski definition) is 5. The summed E-state index contributed by atoms with van der Waals surface area (Å²) in [6, 6.07) is 11.1. The van der Waals surface area contributed by atoms with Gasteiger partial charge in [0.2, 0.25) is 0 Å². The Morgan fingerprint density at radius 1 is 1.26 bits per heavy atom. The third-order valence-corrected chi connectivity index (χ3v) is 7.09. The van der Waals surface area contributed by atoms with Gasteiger partial charge in [-0.3, -0.25) is 9.89 Å². The highest BCUT2D eigenvalue weighted by atomic mass is 127. The van der Waals surface area contributed by atoms with Crippen LogP contribution in [0.3, 0.4) is 0 Å². The van der Waals surface area contributed by atoms with E-state index in [1.54, 1.807) is 11.3 Å². The summed E-state index contributed by atoms with van der Waals surface area (Å²) in [6.45, 7) is 11.9. The molecule has 1 aromatic carbocycles. The zero-order valence-electron chi connectivity index (χ0n) is 18.9. The summed E-state index contributed by atoms with van der Waals surface area (Å²) in [5, 5.41) is 6.83. The Kier molecular flexibility index (Phi) is 8.34. The first kappa shape index (κ1) is 24.4. The lowest BCUT2D eigenvalue weighted by Gasteiger charge is -2.36. The fourth-order valence-corrected chi connectivity index (χ4v) is 5.09. The van der Waals surface area contributed by atoms with Crippen molar-refractivity contribution in [3.63, 3.8) is 0 Å². The van der Waals surface area contributed by atoms with Gasteiger partial charge in [-0.2, -0.15) is 0 Å². The topological polar surface area (TPSA) is 53.0 Å². The van der Waals surface area contributed by atoms with Crippen LogP contribution in [0.25, 0.3) is 0 Å². The quantitative estimate of drug-likeness (QED) is 0.354. The molecule has 0 spiro atoms. The minimum absolute atomic E-state index is 0. The van der Waals surface area contributed by atoms with Gasteiger partial charge in [0.1, 0.15) is 0 Å². The number of guanidine groups is 1. The molecule has 2 aliphatic rings. The van der Waals surface area contributed by atoms with E-state index in [1.165, 1.54) is 10.6 Å². The molecule has 1 aromatic heterocycles. The summed E-state index contributed by atoms with van der Waals surface area (Å²) in [7, 11) is 1.86. The van der Waals surface area contributed by atoms with Crippen LogP contribution in [0.1, 0.15) is 37.0 Å². The van der Waals surface area contributed by atoms with Crippen LogP contribution in [-0.2, 0) is 23.2 Å². The lowest BCUT2D eigenvalue weighted by molar-refractivity contribution is -0.0502. The molecule has 0 amide bonds. The Labute approximate surface area is 207 Å². The Hall–Kier alpha value is -1.23. The maximum absolute atomic E-state index is 6.12. The number of likely N-dealkylation sites (tertiary alicyclic amines) is 1. The lowest BCUT2D eigenvalue weighted by Crippen LogP contribution is -2.50. The number of halogens is 1. The first-order valence-corrected chi connectivity index (χ1v) is 11.6. The van der Waals surface area contributed by atoms with Crippen LogP contribution in [-0.4, -0.2) is 66.2 Å². The Morgan fingerprint density at radius 2 is 2.03 bits per heavy atom. The van der Waals surface area contributed by atoms with Crippen LogP contribution < -0.4 is 5.32 Å². The zero-order chi connectivity index (χ0) is 21.1. The molecule has 170 valence electrons. The van der Waals surface area contributed by atoms with E-state index in [9.17, 15) is 0 Å². The zero-order valence-corrected chi connectivity index (χ0v) is 22.0. The number of rotatable bonds is 4. The second kappa shape index (κ2) is 10.6. The molecule has 0 bridgehead atoms. The van der Waals surface area contributed by atoms with Crippen LogP contribution in [0.4, 0.5) is 0 Å². The molecule has 2 unspecified atom stereocenters. The van der Waals surface area contributed by atoms with Crippen molar-refractivity contribution in [1.82, 2.24) is 20.1 Å². The van der Waals surface area contributed by atoms with Crippen LogP contribution in [0.5, 0.6) is 0 Å². The molecule has 4 rings (SSSR count). The van der Waals surface area contributed by atoms with E-state index in [1.807, 2.05) is 7.05 Å². The predicted octanol–water partition coefficient (Wildman–Crippen LogP) is 3.72. The van der Waals surface area contributed by atoms with Crippen molar-refractivity contribution < 1.29 is 4.74 Å². The first-order chi connectivity index (χ1) is 14.4. The summed E-state index contributed by atoms with van der Waals surface area (Å²) in [5.74, 6) is 0.929. The fraction of sp³-hybridized carbons (Fsp3) is 0.565. The summed E-state index contributed by atoms with van der Waals surface area (Å²) >= 11 is 1.73. The number of thiazole rings is 1. The molecule has 0 radical (unpaired) electrons. The van der Waals surface area contributed by atoms with E-state index < -0.39 is 0 Å². The number of nitrogens with one attached hydrogen (secondary N) is 1. The molecule has 2 fully saturated rings. The molecular formula is C23H34IN5OS. The molecule has 8 heteroatoms. The summed E-state index contributed by atoms with van der Waals surface area (Å²) in [5.41, 5.74) is 2.52. The maximum atomic E-state index is 6.12. The van der Waals surface area contributed by atoms with E-state index in [0.717, 1.165) is 44.4 Å². The number of ether oxygens (including phenoxy) is 1. The molecule has 1 N–H and O–H groups in total. The number of nitrogens with zero attached hydrogens (tertiary/aromatic N) is 4. The minimum Gasteiger partial charge on any atom is -0.373 e. The molecule has 2 aromatic rings. The van der Waals surface area contributed by atoms with Crippen LogP contribution in [0.15, 0.2) is 40.7 Å². The van der Waals surface area contributed by atoms with Gasteiger partial charge in [-0.15, -0.1) is 35.3 Å². The number of hydrogen-bond donors (Lipinski definition) is 1. The molecule has 3 heterocycles. The second-order valence-electron chi connectivity index (χ2n) is 9.13. The molecule has 6 nitrogen and oxygen atoms in total. The molecule has 2 atom stereocenters. The van der Waals surface area contributed by atoms with Gasteiger partial charge in [-0.05, 0) is 5.56 Å². The van der Waals surface area contributed by atoms with Gasteiger partial charge in [-0.1, -0.05) is 51.1 Å². The van der Waals surface area contributed by atoms with Crippen molar-refractivity contribution >= 4 is 41.3 Å². The van der Waals surface area contributed by atoms with Gasteiger partial charge < -0.3 is 15.0 Å². The average molecular weight is 556 g/mol. The van der Waals surface area contributed by atoms with Crippen molar-refractivity contribution in [1.29, 1.82) is 0 Å². The smallest absolute Gasteiger partial charge is 0.194 e. The number of fused-ring (bicyclic) bond motifs is 1. The lowest BCUT2D eigenvalue weighted by atomic mass is 9.98. The predicted molar refractivity (Wildman–Crippen MR) is 138 cm³/mol. The average Bonchev–Trinajstić information content (AvgIpc) is 3.37. The van der Waals surface area contributed by atoms with Gasteiger partial charge in [0.05, 0.1) is 36.0 Å². The number of aliphatic imine (C=N–C) groups is 1. The van der Waals surface area contributed by atoms with Gasteiger partial charge in [0, 0.05) is 44.0 Å². The van der Waals surface area contributed by atoms with Gasteiger partial charge in [-0.25, -0.2) is 4.98 Å². The van der Waals surface area contributed by atoms with Crippen LogP contribution in [0.2, 0.25) is 0 Å². The van der Waals surface area contributed by atoms with Gasteiger partial charge >= 0.3 is 0 Å². The van der Waals surface area contributed by atoms with E-state index in [2.05, 4.69) is 76.6 Å². The van der Waals surface area contributed by atoms with Crippen molar-refractivity contribution in [2.24, 2.45) is 4.99 Å². The molecule has 0 aliphatic carbocycles. The normalized spacial score (nSPS) is 22.2. The summed E-state index contributed by atoms with van der Waals surface area (Å²) in [4.78, 5) is 14.2. The van der Waals surface area contributed by atoms with E-state index >= 15 is 0 Å². The highest BCUT2D eigenvalue weighted by molar-refractivity contribution is 14.0. The van der Waals surface area contributed by atoms with Crippen LogP contribution >= 0.6 is 35.3 Å². The third-order valence-electron chi connectivity index (χ3n) is 5.78. The highest BCUT2D eigenvalue weighted by Gasteiger charge is 2.41. The summed E-state index contributed by atoms with van der Waals surface area (Å²) < 4.78 is 6.12. The molecule has 2 aliphatic heterocycles. The molecule has 31 heavy (non-hydrogen) atoms. The largest absolute Gasteiger partial charge is 0.373 e. The number of morpholine rings is 1. The molecule has 0 saturated carbocycles. The minimum atomic E-state index is 0. The first-order valence-electron chi connectivity index (χ1n) is 10.7. The van der Waals surface area contributed by atoms with E-state index in [-0.39, 0.29) is 35.5 Å². The number of benzene rings is 1. The van der Waals surface area contributed by atoms with Crippen molar-refractivity contribution in [3.8, 4) is 0 Å². The van der Waals surface area contributed by atoms with E-state index in [0.29, 0.717) is 12.6 Å². The third kappa shape index (κ3) is 5.97. The Bertz CT molecular complexity index is 866. The standard InChI is InChI=1S/C23H33N5OS.HI/c1-23(2,3)21-26-18(16-30-21)12-25-22(24-4)28-14-19-20(15-28)29-11-10-27(19)13-17-8-6-5-7-9-17;/h5-9,16,19-20H,10-15H2,1-4H3,(H,24,25);1H.